The van der Waals surface area contributed by atoms with E-state index >= 15 is 0 Å². The summed E-state index contributed by atoms with van der Waals surface area (Å²) >= 11 is 0. The minimum Gasteiger partial charge on any atom is -0.491 e. The largest absolute Gasteiger partial charge is 0.491 e. The van der Waals surface area contributed by atoms with Crippen LogP contribution in [-0.4, -0.2) is 24.6 Å². The molecular formula is C16H26N2O2. The molecule has 0 fully saturated rings. The van der Waals surface area contributed by atoms with Gasteiger partial charge in [-0.3, -0.25) is 4.79 Å². The molecule has 0 radical (unpaired) electrons. The van der Waals surface area contributed by atoms with Crippen molar-refractivity contribution in [1.82, 2.24) is 5.32 Å². The Morgan fingerprint density at radius 1 is 1.30 bits per heavy atom. The highest BCUT2D eigenvalue weighted by Gasteiger charge is 2.31. The monoisotopic (exact) mass is 278 g/mol. The lowest BCUT2D eigenvalue weighted by Crippen LogP contribution is -2.57. The summed E-state index contributed by atoms with van der Waals surface area (Å²) in [6.45, 7) is 11.0. The molecule has 0 bridgehead atoms. The third-order valence-corrected chi connectivity index (χ3v) is 3.34. The first-order valence-electron chi connectivity index (χ1n) is 6.97. The van der Waals surface area contributed by atoms with Crippen LogP contribution in [0.25, 0.3) is 0 Å². The maximum atomic E-state index is 11.5. The fourth-order valence-electron chi connectivity index (χ4n) is 1.88. The molecule has 0 aliphatic rings. The topological polar surface area (TPSA) is 64.3 Å². The molecule has 1 atom stereocenters. The van der Waals surface area contributed by atoms with Crippen molar-refractivity contribution in [3.05, 3.63) is 29.8 Å². The molecule has 0 aliphatic heterocycles. The van der Waals surface area contributed by atoms with Crippen molar-refractivity contribution in [2.24, 2.45) is 5.73 Å². The van der Waals surface area contributed by atoms with Gasteiger partial charge in [0.15, 0.2) is 0 Å². The number of hydrogen-bond acceptors (Lipinski definition) is 3. The standard InChI is InChI=1S/C16H26N2O2/c1-6-18-16(5,14(17)19)11-20-13-9-7-8-12(10-13)15(2,3)4/h7-10,18H,6,11H2,1-5H3,(H2,17,19). The molecule has 1 aromatic carbocycles. The van der Waals surface area contributed by atoms with Gasteiger partial charge < -0.3 is 15.8 Å². The number of likely N-dealkylation sites (N-methyl/N-ethyl adjacent to an activating group) is 1. The average molecular weight is 278 g/mol. The number of carbonyl (C=O) groups is 1. The molecule has 4 heteroatoms. The van der Waals surface area contributed by atoms with Crippen molar-refractivity contribution in [3.8, 4) is 5.75 Å². The zero-order chi connectivity index (χ0) is 15.4. The number of nitrogens with one attached hydrogen (secondary N) is 1. The van der Waals surface area contributed by atoms with Crippen LogP contribution >= 0.6 is 0 Å². The molecule has 0 aromatic heterocycles. The van der Waals surface area contributed by atoms with E-state index in [2.05, 4.69) is 32.2 Å². The van der Waals surface area contributed by atoms with E-state index in [-0.39, 0.29) is 12.0 Å². The lowest BCUT2D eigenvalue weighted by atomic mass is 9.87. The summed E-state index contributed by atoms with van der Waals surface area (Å²) in [5, 5.41) is 3.07. The zero-order valence-corrected chi connectivity index (χ0v) is 13.1. The van der Waals surface area contributed by atoms with Crippen LogP contribution in [-0.2, 0) is 10.2 Å². The van der Waals surface area contributed by atoms with Gasteiger partial charge in [0.05, 0.1) is 0 Å². The number of ether oxygens (including phenoxy) is 1. The highest BCUT2D eigenvalue weighted by Crippen LogP contribution is 2.25. The molecule has 1 unspecified atom stereocenters. The summed E-state index contributed by atoms with van der Waals surface area (Å²) in [4.78, 5) is 11.5. The van der Waals surface area contributed by atoms with Crippen molar-refractivity contribution in [2.45, 2.75) is 45.6 Å². The van der Waals surface area contributed by atoms with Crippen LogP contribution in [0, 0.1) is 0 Å². The molecule has 4 nitrogen and oxygen atoms in total. The predicted molar refractivity (Wildman–Crippen MR) is 81.9 cm³/mol. The van der Waals surface area contributed by atoms with Crippen molar-refractivity contribution < 1.29 is 9.53 Å². The predicted octanol–water partition coefficient (Wildman–Crippen LogP) is 2.22. The maximum absolute atomic E-state index is 11.5. The fraction of sp³-hybridized carbons (Fsp3) is 0.562. The van der Waals surface area contributed by atoms with Gasteiger partial charge in [-0.15, -0.1) is 0 Å². The number of amides is 1. The van der Waals surface area contributed by atoms with E-state index in [1.807, 2.05) is 25.1 Å². The van der Waals surface area contributed by atoms with E-state index in [0.717, 1.165) is 5.75 Å². The highest BCUT2D eigenvalue weighted by atomic mass is 16.5. The molecule has 0 saturated carbocycles. The Bertz CT molecular complexity index is 466. The Labute approximate surface area is 121 Å². The number of primary amides is 1. The number of nitrogens with two attached hydrogens (primary N) is 1. The van der Waals surface area contributed by atoms with Crippen LogP contribution in [0.15, 0.2) is 24.3 Å². The van der Waals surface area contributed by atoms with E-state index < -0.39 is 11.4 Å². The van der Waals surface area contributed by atoms with Crippen molar-refractivity contribution in [2.75, 3.05) is 13.2 Å². The quantitative estimate of drug-likeness (QED) is 0.838. The van der Waals surface area contributed by atoms with Crippen molar-refractivity contribution >= 4 is 5.91 Å². The van der Waals surface area contributed by atoms with Gasteiger partial charge in [0.1, 0.15) is 17.9 Å². The summed E-state index contributed by atoms with van der Waals surface area (Å²) in [7, 11) is 0. The van der Waals surface area contributed by atoms with Crippen LogP contribution < -0.4 is 15.8 Å². The molecule has 0 spiro atoms. The Balaban J connectivity index is 2.81. The van der Waals surface area contributed by atoms with Gasteiger partial charge in [0, 0.05) is 0 Å². The van der Waals surface area contributed by atoms with Crippen LogP contribution in [0.4, 0.5) is 0 Å². The van der Waals surface area contributed by atoms with E-state index in [1.54, 1.807) is 6.92 Å². The number of hydrogen-bond donors (Lipinski definition) is 2. The molecule has 112 valence electrons. The molecule has 0 heterocycles. The highest BCUT2D eigenvalue weighted by molar-refractivity contribution is 5.84. The maximum Gasteiger partial charge on any atom is 0.240 e. The van der Waals surface area contributed by atoms with Gasteiger partial charge in [0.25, 0.3) is 0 Å². The molecule has 1 rings (SSSR count). The van der Waals surface area contributed by atoms with Crippen molar-refractivity contribution in [3.63, 3.8) is 0 Å². The molecule has 1 amide bonds. The second-order valence-electron chi connectivity index (χ2n) is 6.29. The van der Waals surface area contributed by atoms with Crippen LogP contribution in [0.2, 0.25) is 0 Å². The fourth-order valence-corrected chi connectivity index (χ4v) is 1.88. The molecule has 3 N–H and O–H groups in total. The van der Waals surface area contributed by atoms with Gasteiger partial charge in [-0.25, -0.2) is 0 Å². The summed E-state index contributed by atoms with van der Waals surface area (Å²) < 4.78 is 5.76. The summed E-state index contributed by atoms with van der Waals surface area (Å²) in [5.41, 5.74) is 5.84. The zero-order valence-electron chi connectivity index (χ0n) is 13.1. The smallest absolute Gasteiger partial charge is 0.240 e. The number of benzene rings is 1. The van der Waals surface area contributed by atoms with Crippen LogP contribution in [0.5, 0.6) is 5.75 Å². The molecular weight excluding hydrogens is 252 g/mol. The van der Waals surface area contributed by atoms with E-state index in [1.165, 1.54) is 5.56 Å². The summed E-state index contributed by atoms with van der Waals surface area (Å²) in [6.07, 6.45) is 0. The lowest BCUT2D eigenvalue weighted by molar-refractivity contribution is -0.124. The van der Waals surface area contributed by atoms with E-state index in [0.29, 0.717) is 6.54 Å². The van der Waals surface area contributed by atoms with E-state index in [9.17, 15) is 4.79 Å². The van der Waals surface area contributed by atoms with Gasteiger partial charge in [-0.1, -0.05) is 39.8 Å². The van der Waals surface area contributed by atoms with Crippen LogP contribution in [0.1, 0.15) is 40.2 Å². The molecule has 20 heavy (non-hydrogen) atoms. The average Bonchev–Trinajstić information content (AvgIpc) is 2.36. The van der Waals surface area contributed by atoms with Gasteiger partial charge >= 0.3 is 0 Å². The van der Waals surface area contributed by atoms with Crippen LogP contribution in [0.3, 0.4) is 0 Å². The molecule has 1 aromatic rings. The first-order chi connectivity index (χ1) is 9.19. The summed E-state index contributed by atoms with van der Waals surface area (Å²) in [6, 6.07) is 7.94. The first-order valence-corrected chi connectivity index (χ1v) is 6.97. The Morgan fingerprint density at radius 3 is 2.45 bits per heavy atom. The SMILES string of the molecule is CCNC(C)(COc1cccc(C(C)(C)C)c1)C(N)=O. The number of rotatable bonds is 6. The molecule has 0 aliphatic carbocycles. The summed E-state index contributed by atoms with van der Waals surface area (Å²) in [5.74, 6) is 0.342. The van der Waals surface area contributed by atoms with Gasteiger partial charge in [-0.2, -0.15) is 0 Å². The third kappa shape index (κ3) is 4.23. The third-order valence-electron chi connectivity index (χ3n) is 3.34. The van der Waals surface area contributed by atoms with E-state index in [4.69, 9.17) is 10.5 Å². The second-order valence-corrected chi connectivity index (χ2v) is 6.29. The number of carbonyl (C=O) groups excluding carboxylic acids is 1. The van der Waals surface area contributed by atoms with Gasteiger partial charge in [-0.05, 0) is 36.6 Å². The van der Waals surface area contributed by atoms with Gasteiger partial charge in [0.2, 0.25) is 5.91 Å². The van der Waals surface area contributed by atoms with Crippen molar-refractivity contribution in [1.29, 1.82) is 0 Å². The molecule has 0 saturated heterocycles. The Kier molecular flexibility index (Phi) is 5.17. The second kappa shape index (κ2) is 6.27. The minimum atomic E-state index is -0.855. The normalized spacial score (nSPS) is 14.7. The Morgan fingerprint density at radius 2 is 1.95 bits per heavy atom. The lowest BCUT2D eigenvalue weighted by Gasteiger charge is -2.27. The Hall–Kier alpha value is -1.55. The first kappa shape index (κ1) is 16.5. The minimum absolute atomic E-state index is 0.0635.